The maximum atomic E-state index is 13.3. The van der Waals surface area contributed by atoms with Gasteiger partial charge in [-0.1, -0.05) is 56.1 Å². The van der Waals surface area contributed by atoms with Gasteiger partial charge in [0, 0.05) is 8.95 Å². The average Bonchev–Trinajstić information content (AvgIpc) is 3.11. The van der Waals surface area contributed by atoms with E-state index < -0.39 is 11.9 Å². The van der Waals surface area contributed by atoms with E-state index in [1.54, 1.807) is 13.0 Å². The molecular formula is C24H17Br2N3O3S. The van der Waals surface area contributed by atoms with Gasteiger partial charge in [-0.15, -0.1) is 11.3 Å². The van der Waals surface area contributed by atoms with Crippen molar-refractivity contribution < 1.29 is 9.53 Å². The zero-order valence-electron chi connectivity index (χ0n) is 17.3. The first-order chi connectivity index (χ1) is 15.8. The van der Waals surface area contributed by atoms with Crippen LogP contribution in [-0.4, -0.2) is 17.1 Å². The lowest BCUT2D eigenvalue weighted by Gasteiger charge is -2.24. The summed E-state index contributed by atoms with van der Waals surface area (Å²) in [5, 5.41) is 9.97. The van der Waals surface area contributed by atoms with Crippen LogP contribution in [0.3, 0.4) is 0 Å². The molecule has 4 rings (SSSR count). The monoisotopic (exact) mass is 585 g/mol. The Morgan fingerprint density at radius 1 is 1.18 bits per heavy atom. The van der Waals surface area contributed by atoms with Crippen molar-refractivity contribution in [1.82, 2.24) is 4.57 Å². The van der Waals surface area contributed by atoms with E-state index in [1.807, 2.05) is 48.5 Å². The number of esters is 1. The van der Waals surface area contributed by atoms with Gasteiger partial charge in [0.2, 0.25) is 0 Å². The molecule has 2 heterocycles. The van der Waals surface area contributed by atoms with Crippen LogP contribution in [0.2, 0.25) is 0 Å². The summed E-state index contributed by atoms with van der Waals surface area (Å²) in [5.74, 6) is -1.32. The molecule has 2 aromatic carbocycles. The molecule has 1 aliphatic heterocycles. The van der Waals surface area contributed by atoms with Gasteiger partial charge in [0.15, 0.2) is 0 Å². The third kappa shape index (κ3) is 4.34. The molecule has 1 aromatic heterocycles. The summed E-state index contributed by atoms with van der Waals surface area (Å²) in [6.45, 7) is 1.86. The topological polar surface area (TPSA) is 98.1 Å². The number of nitrogens with zero attached hydrogens (tertiary/aromatic N) is 2. The number of rotatable bonds is 4. The minimum Gasteiger partial charge on any atom is -0.463 e. The Morgan fingerprint density at radius 2 is 1.79 bits per heavy atom. The number of hydrogen-bond donors (Lipinski definition) is 1. The standard InChI is InChI=1S/C24H17Br2N3O3S/c1-2-32-24(31)20-19(14-5-9-16(26)10-6-14)17(12-27)21(28)29-22(30)18(33-23(20)29)11-13-3-7-15(25)8-4-13/h3-11,19H,2,28H2,1H3. The fourth-order valence-electron chi connectivity index (χ4n) is 3.65. The molecule has 0 amide bonds. The highest BCUT2D eigenvalue weighted by Crippen LogP contribution is 2.37. The van der Waals surface area contributed by atoms with Gasteiger partial charge in [0.05, 0.1) is 34.3 Å². The summed E-state index contributed by atoms with van der Waals surface area (Å²) in [6, 6.07) is 16.9. The summed E-state index contributed by atoms with van der Waals surface area (Å²) in [7, 11) is 0. The number of thiazole rings is 1. The number of carbonyl (C=O) groups is 1. The molecule has 0 aliphatic carbocycles. The van der Waals surface area contributed by atoms with E-state index in [1.165, 1.54) is 4.57 Å². The first-order valence-corrected chi connectivity index (χ1v) is 12.3. The van der Waals surface area contributed by atoms with Crippen molar-refractivity contribution in [1.29, 1.82) is 5.26 Å². The Hall–Kier alpha value is -2.93. The second kappa shape index (κ2) is 9.51. The number of ether oxygens (including phenoxy) is 1. The van der Waals surface area contributed by atoms with Crippen LogP contribution < -0.4 is 20.5 Å². The van der Waals surface area contributed by atoms with Crippen LogP contribution in [0.1, 0.15) is 24.0 Å². The van der Waals surface area contributed by atoms with E-state index >= 15 is 0 Å². The molecule has 6 nitrogen and oxygen atoms in total. The maximum Gasteiger partial charge on any atom is 0.338 e. The molecule has 2 N–H and O–H groups in total. The Morgan fingerprint density at radius 3 is 2.36 bits per heavy atom. The zero-order valence-corrected chi connectivity index (χ0v) is 21.3. The van der Waals surface area contributed by atoms with Gasteiger partial charge in [-0.05, 0) is 48.4 Å². The van der Waals surface area contributed by atoms with E-state index in [0.29, 0.717) is 14.8 Å². The summed E-state index contributed by atoms with van der Waals surface area (Å²) in [4.78, 5) is 26.4. The summed E-state index contributed by atoms with van der Waals surface area (Å²) in [6.07, 6.45) is 1.74. The number of nitriles is 1. The highest BCUT2D eigenvalue weighted by atomic mass is 79.9. The van der Waals surface area contributed by atoms with E-state index in [-0.39, 0.29) is 29.1 Å². The van der Waals surface area contributed by atoms with Gasteiger partial charge in [-0.2, -0.15) is 5.26 Å². The van der Waals surface area contributed by atoms with Crippen LogP contribution in [0.4, 0.5) is 0 Å². The van der Waals surface area contributed by atoms with Crippen LogP contribution in [-0.2, 0) is 9.53 Å². The molecule has 0 bridgehead atoms. The molecule has 1 aliphatic rings. The number of nitrogens with two attached hydrogens (primary N) is 1. The Labute approximate surface area is 210 Å². The number of benzene rings is 2. The van der Waals surface area contributed by atoms with Crippen LogP contribution in [0.5, 0.6) is 0 Å². The number of fused-ring (bicyclic) bond motifs is 1. The molecule has 0 saturated carbocycles. The third-order valence-electron chi connectivity index (χ3n) is 5.14. The molecule has 166 valence electrons. The molecule has 1 unspecified atom stereocenters. The number of carbonyl (C=O) groups excluding carboxylic acids is 1. The van der Waals surface area contributed by atoms with E-state index in [2.05, 4.69) is 37.9 Å². The second-order valence-corrected chi connectivity index (χ2v) is 10.00. The van der Waals surface area contributed by atoms with Crippen LogP contribution in [0, 0.1) is 11.3 Å². The van der Waals surface area contributed by atoms with Crippen molar-refractivity contribution in [3.63, 3.8) is 0 Å². The Bertz CT molecular complexity index is 1490. The number of aromatic nitrogens is 1. The van der Waals surface area contributed by atoms with Crippen molar-refractivity contribution >= 4 is 66.6 Å². The van der Waals surface area contributed by atoms with Crippen molar-refractivity contribution in [3.8, 4) is 6.07 Å². The van der Waals surface area contributed by atoms with Crippen LogP contribution in [0.15, 0.2) is 67.8 Å². The summed E-state index contributed by atoms with van der Waals surface area (Å²) < 4.78 is 9.12. The third-order valence-corrected chi connectivity index (χ3v) is 7.30. The number of allylic oxidation sites excluding steroid dienone is 1. The van der Waals surface area contributed by atoms with Gasteiger partial charge >= 0.3 is 5.97 Å². The lowest BCUT2D eigenvalue weighted by molar-refractivity contribution is -0.136. The fourth-order valence-corrected chi connectivity index (χ4v) is 5.35. The molecule has 0 saturated heterocycles. The first kappa shape index (κ1) is 23.2. The lowest BCUT2D eigenvalue weighted by Crippen LogP contribution is -2.40. The highest BCUT2D eigenvalue weighted by Gasteiger charge is 2.36. The smallest absolute Gasteiger partial charge is 0.338 e. The molecule has 3 aromatic rings. The quantitative estimate of drug-likeness (QED) is 0.472. The number of hydrogen-bond acceptors (Lipinski definition) is 6. The minimum absolute atomic E-state index is 0.0187. The molecular weight excluding hydrogens is 570 g/mol. The first-order valence-electron chi connectivity index (χ1n) is 9.91. The molecule has 9 heteroatoms. The molecule has 1 atom stereocenters. The SMILES string of the molecule is CCOC(=O)C1=c2sc(=Cc3ccc(Br)cc3)c(=O)n2C(N)=C(C#N)C1c1ccc(Br)cc1. The van der Waals surface area contributed by atoms with Gasteiger partial charge in [0.1, 0.15) is 10.5 Å². The lowest BCUT2D eigenvalue weighted by atomic mass is 9.84. The summed E-state index contributed by atoms with van der Waals surface area (Å²) >= 11 is 7.96. The molecule has 0 spiro atoms. The molecule has 0 fully saturated rings. The van der Waals surface area contributed by atoms with E-state index in [9.17, 15) is 14.9 Å². The molecule has 0 radical (unpaired) electrons. The van der Waals surface area contributed by atoms with Crippen molar-refractivity contribution in [2.75, 3.05) is 6.61 Å². The van der Waals surface area contributed by atoms with Crippen molar-refractivity contribution in [2.45, 2.75) is 12.8 Å². The Balaban J connectivity index is 2.08. The second-order valence-electron chi connectivity index (χ2n) is 7.14. The maximum absolute atomic E-state index is 13.3. The molecule has 33 heavy (non-hydrogen) atoms. The van der Waals surface area contributed by atoms with Gasteiger partial charge in [0.25, 0.3) is 5.56 Å². The number of halogens is 2. The average molecular weight is 587 g/mol. The minimum atomic E-state index is -0.749. The largest absolute Gasteiger partial charge is 0.463 e. The predicted molar refractivity (Wildman–Crippen MR) is 135 cm³/mol. The van der Waals surface area contributed by atoms with E-state index in [4.69, 9.17) is 10.5 Å². The van der Waals surface area contributed by atoms with Crippen molar-refractivity contribution in [2.24, 2.45) is 5.73 Å². The summed E-state index contributed by atoms with van der Waals surface area (Å²) in [5.41, 5.74) is 7.84. The van der Waals surface area contributed by atoms with Gasteiger partial charge < -0.3 is 10.5 Å². The highest BCUT2D eigenvalue weighted by molar-refractivity contribution is 9.10. The van der Waals surface area contributed by atoms with Crippen LogP contribution >= 0.6 is 43.2 Å². The van der Waals surface area contributed by atoms with E-state index in [0.717, 1.165) is 25.8 Å². The van der Waals surface area contributed by atoms with Gasteiger partial charge in [-0.25, -0.2) is 4.79 Å². The van der Waals surface area contributed by atoms with Gasteiger partial charge in [-0.3, -0.25) is 9.36 Å². The van der Waals surface area contributed by atoms with Crippen LogP contribution in [0.25, 0.3) is 17.5 Å². The van der Waals surface area contributed by atoms with Crippen molar-refractivity contribution in [3.05, 3.63) is 93.7 Å². The zero-order chi connectivity index (χ0) is 23.7. The fraction of sp³-hybridized carbons (Fsp3) is 0.125. The normalized spacial score (nSPS) is 15.9. The Kier molecular flexibility index (Phi) is 6.70. The predicted octanol–water partition coefficient (Wildman–Crippen LogP) is 3.43.